The van der Waals surface area contributed by atoms with Gasteiger partial charge in [0, 0.05) is 6.07 Å². The van der Waals surface area contributed by atoms with Crippen LogP contribution in [0.4, 0.5) is 0 Å². The van der Waals surface area contributed by atoms with Crippen LogP contribution in [0.5, 0.6) is 11.6 Å². The zero-order valence-corrected chi connectivity index (χ0v) is 9.13. The molecular weight excluding hydrogens is 198 g/mol. The van der Waals surface area contributed by atoms with E-state index in [2.05, 4.69) is 4.98 Å². The van der Waals surface area contributed by atoms with Gasteiger partial charge in [0.25, 0.3) is 0 Å². The van der Waals surface area contributed by atoms with Crippen molar-refractivity contribution in [3.8, 4) is 11.6 Å². The van der Waals surface area contributed by atoms with Gasteiger partial charge in [-0.1, -0.05) is 0 Å². The average molecular weight is 211 g/mol. The maximum Gasteiger partial charge on any atom is 0.227 e. The number of methoxy groups -OCH3 is 1. The molecule has 0 saturated heterocycles. The number of nitrogens with zero attached hydrogens (tertiary/aromatic N) is 1. The van der Waals surface area contributed by atoms with E-state index in [0.29, 0.717) is 12.0 Å². The van der Waals surface area contributed by atoms with Crippen molar-refractivity contribution < 1.29 is 9.47 Å². The number of ether oxygens (including phenoxy) is 2. The molecule has 1 heterocycles. The molecule has 0 bridgehead atoms. The van der Waals surface area contributed by atoms with Crippen molar-refractivity contribution in [1.82, 2.24) is 4.98 Å². The summed E-state index contributed by atoms with van der Waals surface area (Å²) >= 11 is 1.61. The molecule has 76 valence electrons. The quantitative estimate of drug-likeness (QED) is 0.715. The molecule has 1 aromatic heterocycles. The molecule has 14 heavy (non-hydrogen) atoms. The minimum absolute atomic E-state index is 0.417. The van der Waals surface area contributed by atoms with Gasteiger partial charge in [0.2, 0.25) is 5.88 Å². The highest BCUT2D eigenvalue weighted by Gasteiger charge is 2.23. The Morgan fingerprint density at radius 1 is 1.50 bits per heavy atom. The van der Waals surface area contributed by atoms with E-state index in [1.54, 1.807) is 25.1 Å². The second-order valence-corrected chi connectivity index (χ2v) is 4.05. The fraction of sp³-hybridized carbons (Fsp3) is 0.500. The van der Waals surface area contributed by atoms with E-state index in [1.807, 2.05) is 12.3 Å². The number of hydrogen-bond donors (Lipinski definition) is 0. The minimum Gasteiger partial charge on any atom is -0.489 e. The Hall–Kier alpha value is -0.900. The standard InChI is InChI=1S/C10H13NO2S/c1-12-10-9(14-2)5-8(6-11-10)13-7-3-4-7/h5-7H,3-4H2,1-2H3. The summed E-state index contributed by atoms with van der Waals surface area (Å²) in [6.45, 7) is 0. The molecular formula is C10H13NO2S. The van der Waals surface area contributed by atoms with Crippen molar-refractivity contribution in [2.24, 2.45) is 0 Å². The molecule has 0 spiro atoms. The summed E-state index contributed by atoms with van der Waals surface area (Å²) in [5.41, 5.74) is 0. The van der Waals surface area contributed by atoms with Crippen molar-refractivity contribution in [2.45, 2.75) is 23.8 Å². The Balaban J connectivity index is 2.16. The number of aromatic nitrogens is 1. The van der Waals surface area contributed by atoms with Crippen molar-refractivity contribution in [2.75, 3.05) is 13.4 Å². The molecule has 1 fully saturated rings. The molecule has 2 rings (SSSR count). The summed E-state index contributed by atoms with van der Waals surface area (Å²) in [6.07, 6.45) is 6.47. The highest BCUT2D eigenvalue weighted by atomic mass is 32.2. The lowest BCUT2D eigenvalue weighted by molar-refractivity contribution is 0.298. The van der Waals surface area contributed by atoms with Crippen molar-refractivity contribution in [3.05, 3.63) is 12.3 Å². The molecule has 0 N–H and O–H groups in total. The molecule has 0 radical (unpaired) electrons. The lowest BCUT2D eigenvalue weighted by atomic mass is 10.4. The predicted molar refractivity (Wildman–Crippen MR) is 56.2 cm³/mol. The lowest BCUT2D eigenvalue weighted by Gasteiger charge is -2.08. The number of pyridine rings is 1. The lowest BCUT2D eigenvalue weighted by Crippen LogP contribution is -1.98. The van der Waals surface area contributed by atoms with E-state index >= 15 is 0 Å². The van der Waals surface area contributed by atoms with Crippen LogP contribution in [0.1, 0.15) is 12.8 Å². The van der Waals surface area contributed by atoms with Crippen LogP contribution in [0.15, 0.2) is 17.2 Å². The van der Waals surface area contributed by atoms with Gasteiger partial charge in [-0.25, -0.2) is 4.98 Å². The van der Waals surface area contributed by atoms with E-state index in [4.69, 9.17) is 9.47 Å². The van der Waals surface area contributed by atoms with E-state index in [1.165, 1.54) is 12.8 Å². The van der Waals surface area contributed by atoms with Gasteiger partial charge >= 0.3 is 0 Å². The molecule has 3 nitrogen and oxygen atoms in total. The monoisotopic (exact) mass is 211 g/mol. The highest BCUT2D eigenvalue weighted by molar-refractivity contribution is 7.98. The van der Waals surface area contributed by atoms with Gasteiger partial charge in [-0.15, -0.1) is 11.8 Å². The van der Waals surface area contributed by atoms with Crippen LogP contribution in [-0.4, -0.2) is 24.5 Å². The second-order valence-electron chi connectivity index (χ2n) is 3.20. The van der Waals surface area contributed by atoms with Crippen LogP contribution in [0, 0.1) is 0 Å². The Bertz CT molecular complexity index is 326. The molecule has 4 heteroatoms. The van der Waals surface area contributed by atoms with Gasteiger partial charge in [-0.2, -0.15) is 0 Å². The molecule has 1 saturated carbocycles. The first-order valence-corrected chi connectivity index (χ1v) is 5.80. The molecule has 0 amide bonds. The molecule has 0 aliphatic heterocycles. The SMILES string of the molecule is COc1ncc(OC2CC2)cc1SC. The first-order chi connectivity index (χ1) is 6.83. The number of hydrogen-bond acceptors (Lipinski definition) is 4. The summed E-state index contributed by atoms with van der Waals surface area (Å²) in [5.74, 6) is 1.51. The van der Waals surface area contributed by atoms with Crippen LogP contribution in [0.25, 0.3) is 0 Å². The summed E-state index contributed by atoms with van der Waals surface area (Å²) in [5, 5.41) is 0. The largest absolute Gasteiger partial charge is 0.489 e. The van der Waals surface area contributed by atoms with E-state index in [0.717, 1.165) is 10.6 Å². The van der Waals surface area contributed by atoms with E-state index in [-0.39, 0.29) is 0 Å². The normalized spacial score (nSPS) is 15.3. The summed E-state index contributed by atoms with van der Waals surface area (Å²) < 4.78 is 10.8. The van der Waals surface area contributed by atoms with Crippen LogP contribution < -0.4 is 9.47 Å². The second kappa shape index (κ2) is 4.09. The number of thioether (sulfide) groups is 1. The topological polar surface area (TPSA) is 31.4 Å². The summed E-state index contributed by atoms with van der Waals surface area (Å²) in [6, 6.07) is 1.98. The van der Waals surface area contributed by atoms with Gasteiger partial charge in [0.15, 0.2) is 0 Å². The predicted octanol–water partition coefficient (Wildman–Crippen LogP) is 2.35. The molecule has 0 aromatic carbocycles. The Kier molecular flexibility index (Phi) is 2.82. The Labute approximate surface area is 87.8 Å². The third-order valence-corrected chi connectivity index (χ3v) is 2.77. The maximum atomic E-state index is 5.64. The van der Waals surface area contributed by atoms with Gasteiger partial charge in [-0.05, 0) is 19.1 Å². The van der Waals surface area contributed by atoms with Crippen molar-refractivity contribution in [3.63, 3.8) is 0 Å². The van der Waals surface area contributed by atoms with Gasteiger partial charge in [-0.3, -0.25) is 0 Å². The third kappa shape index (κ3) is 2.12. The van der Waals surface area contributed by atoms with Crippen molar-refractivity contribution >= 4 is 11.8 Å². The molecule has 1 aliphatic rings. The summed E-state index contributed by atoms with van der Waals surface area (Å²) in [4.78, 5) is 5.20. The number of rotatable bonds is 4. The molecule has 0 unspecified atom stereocenters. The smallest absolute Gasteiger partial charge is 0.227 e. The van der Waals surface area contributed by atoms with Gasteiger partial charge < -0.3 is 9.47 Å². The zero-order valence-electron chi connectivity index (χ0n) is 8.32. The van der Waals surface area contributed by atoms with Gasteiger partial charge in [0.1, 0.15) is 5.75 Å². The van der Waals surface area contributed by atoms with Crippen LogP contribution in [0.3, 0.4) is 0 Å². The molecule has 1 aromatic rings. The Morgan fingerprint density at radius 2 is 2.29 bits per heavy atom. The average Bonchev–Trinajstić information content (AvgIpc) is 3.01. The van der Waals surface area contributed by atoms with Crippen molar-refractivity contribution in [1.29, 1.82) is 0 Å². The molecule has 0 atom stereocenters. The molecule has 1 aliphatic carbocycles. The van der Waals surface area contributed by atoms with E-state index in [9.17, 15) is 0 Å². The van der Waals surface area contributed by atoms with Crippen LogP contribution >= 0.6 is 11.8 Å². The first-order valence-electron chi connectivity index (χ1n) is 4.58. The van der Waals surface area contributed by atoms with Crippen LogP contribution in [-0.2, 0) is 0 Å². The first kappa shape index (κ1) is 9.65. The van der Waals surface area contributed by atoms with Gasteiger partial charge in [0.05, 0.1) is 24.3 Å². The zero-order chi connectivity index (χ0) is 9.97. The minimum atomic E-state index is 0.417. The maximum absolute atomic E-state index is 5.64. The van der Waals surface area contributed by atoms with Crippen LogP contribution in [0.2, 0.25) is 0 Å². The fourth-order valence-corrected chi connectivity index (χ4v) is 1.70. The van der Waals surface area contributed by atoms with E-state index < -0.39 is 0 Å². The third-order valence-electron chi connectivity index (χ3n) is 2.03. The highest BCUT2D eigenvalue weighted by Crippen LogP contribution is 2.32. The fourth-order valence-electron chi connectivity index (χ4n) is 1.16. The summed E-state index contributed by atoms with van der Waals surface area (Å²) in [7, 11) is 1.63. The Morgan fingerprint density at radius 3 is 2.86 bits per heavy atom.